The van der Waals surface area contributed by atoms with Gasteiger partial charge in [0.1, 0.15) is 12.0 Å². The second kappa shape index (κ2) is 5.50. The number of rotatable bonds is 5. The molecule has 4 heteroatoms. The summed E-state index contributed by atoms with van der Waals surface area (Å²) in [4.78, 5) is 4.28. The zero-order valence-corrected chi connectivity index (χ0v) is 9.72. The van der Waals surface area contributed by atoms with Crippen molar-refractivity contribution in [1.82, 2.24) is 4.98 Å². The van der Waals surface area contributed by atoms with Gasteiger partial charge in [-0.25, -0.2) is 4.98 Å². The molecule has 0 spiro atoms. The van der Waals surface area contributed by atoms with Crippen molar-refractivity contribution in [1.29, 1.82) is 0 Å². The monoisotopic (exact) mass is 233 g/mol. The summed E-state index contributed by atoms with van der Waals surface area (Å²) in [6.45, 7) is 0.0884. The van der Waals surface area contributed by atoms with Crippen LogP contribution in [0.4, 0.5) is 0 Å². The Morgan fingerprint density at radius 2 is 2.29 bits per heavy atom. The van der Waals surface area contributed by atoms with Crippen molar-refractivity contribution in [3.05, 3.63) is 47.7 Å². The summed E-state index contributed by atoms with van der Waals surface area (Å²) in [5, 5.41) is 8.79. The molecule has 4 nitrogen and oxygen atoms in total. The van der Waals surface area contributed by atoms with E-state index in [9.17, 15) is 0 Å². The zero-order chi connectivity index (χ0) is 12.1. The first-order chi connectivity index (χ1) is 8.31. The summed E-state index contributed by atoms with van der Waals surface area (Å²) in [5.41, 5.74) is 1.87. The lowest BCUT2D eigenvalue weighted by Crippen LogP contribution is -1.93. The molecule has 0 saturated carbocycles. The number of aromatic nitrogens is 1. The topological polar surface area (TPSA) is 55.5 Å². The molecule has 0 radical (unpaired) electrons. The van der Waals surface area contributed by atoms with Crippen LogP contribution < -0.4 is 4.74 Å². The molecule has 2 rings (SSSR count). The predicted molar refractivity (Wildman–Crippen MR) is 63.1 cm³/mol. The van der Waals surface area contributed by atoms with Crippen molar-refractivity contribution in [3.63, 3.8) is 0 Å². The third kappa shape index (κ3) is 3.07. The van der Waals surface area contributed by atoms with Crippen LogP contribution in [0.1, 0.15) is 17.1 Å². The maximum Gasteiger partial charge on any atom is 0.198 e. The van der Waals surface area contributed by atoms with Crippen molar-refractivity contribution < 1.29 is 14.3 Å². The molecule has 0 saturated heterocycles. The summed E-state index contributed by atoms with van der Waals surface area (Å²) in [7, 11) is 1.64. The van der Waals surface area contributed by atoms with Gasteiger partial charge in [0.05, 0.1) is 12.8 Å². The number of ether oxygens (including phenoxy) is 1. The Hall–Kier alpha value is -1.81. The van der Waals surface area contributed by atoms with Gasteiger partial charge in [-0.15, -0.1) is 0 Å². The molecule has 0 aliphatic rings. The predicted octanol–water partition coefficient (Wildman–Crippen LogP) is 1.81. The van der Waals surface area contributed by atoms with Crippen molar-refractivity contribution in [3.8, 4) is 5.75 Å². The zero-order valence-electron chi connectivity index (χ0n) is 9.72. The Bertz CT molecular complexity index is 479. The normalized spacial score (nSPS) is 10.5. The summed E-state index contributed by atoms with van der Waals surface area (Å²) in [5.74, 6) is 1.48. The summed E-state index contributed by atoms with van der Waals surface area (Å²) in [6.07, 6.45) is 2.75. The average molecular weight is 233 g/mol. The van der Waals surface area contributed by atoms with Gasteiger partial charge in [0.15, 0.2) is 5.89 Å². The van der Waals surface area contributed by atoms with Gasteiger partial charge in [-0.3, -0.25) is 0 Å². The molecular weight excluding hydrogens is 218 g/mol. The maximum absolute atomic E-state index is 8.79. The smallest absolute Gasteiger partial charge is 0.198 e. The highest BCUT2D eigenvalue weighted by Crippen LogP contribution is 2.16. The Balaban J connectivity index is 2.08. The Kier molecular flexibility index (Phi) is 3.77. The number of nitrogens with zero attached hydrogens (tertiary/aromatic N) is 1. The lowest BCUT2D eigenvalue weighted by Gasteiger charge is -2.01. The van der Waals surface area contributed by atoms with Crippen molar-refractivity contribution in [2.75, 3.05) is 13.7 Å². The first-order valence-electron chi connectivity index (χ1n) is 5.49. The van der Waals surface area contributed by atoms with E-state index in [1.165, 1.54) is 0 Å². The first kappa shape index (κ1) is 11.7. The fourth-order valence-electron chi connectivity index (χ4n) is 1.62. The minimum absolute atomic E-state index is 0.0884. The number of benzene rings is 1. The fraction of sp³-hybridized carbons (Fsp3) is 0.308. The van der Waals surface area contributed by atoms with Gasteiger partial charge >= 0.3 is 0 Å². The largest absolute Gasteiger partial charge is 0.497 e. The van der Waals surface area contributed by atoms with Crippen LogP contribution in [0.15, 0.2) is 34.9 Å². The molecule has 1 aromatic heterocycles. The van der Waals surface area contributed by atoms with Gasteiger partial charge in [-0.05, 0) is 17.7 Å². The number of hydrogen-bond acceptors (Lipinski definition) is 4. The highest BCUT2D eigenvalue weighted by molar-refractivity contribution is 5.29. The van der Waals surface area contributed by atoms with Gasteiger partial charge in [-0.2, -0.15) is 0 Å². The molecule has 0 aliphatic carbocycles. The summed E-state index contributed by atoms with van der Waals surface area (Å²) < 4.78 is 10.5. The van der Waals surface area contributed by atoms with Crippen LogP contribution in [0.2, 0.25) is 0 Å². The van der Waals surface area contributed by atoms with Crippen molar-refractivity contribution in [2.45, 2.75) is 12.8 Å². The minimum atomic E-state index is 0.0884. The second-order valence-electron chi connectivity index (χ2n) is 3.73. The van der Waals surface area contributed by atoms with E-state index in [1.807, 2.05) is 24.3 Å². The molecule has 0 aliphatic heterocycles. The number of methoxy groups -OCH3 is 1. The van der Waals surface area contributed by atoms with Gasteiger partial charge in [0.25, 0.3) is 0 Å². The van der Waals surface area contributed by atoms with Crippen LogP contribution in [0.5, 0.6) is 5.75 Å². The van der Waals surface area contributed by atoms with E-state index in [4.69, 9.17) is 14.3 Å². The highest BCUT2D eigenvalue weighted by atomic mass is 16.5. The van der Waals surface area contributed by atoms with Crippen LogP contribution >= 0.6 is 0 Å². The van der Waals surface area contributed by atoms with Crippen LogP contribution in [0.25, 0.3) is 0 Å². The summed E-state index contributed by atoms with van der Waals surface area (Å²) >= 11 is 0. The molecule has 0 fully saturated rings. The van der Waals surface area contributed by atoms with E-state index in [0.717, 1.165) is 17.0 Å². The average Bonchev–Trinajstić information content (AvgIpc) is 2.77. The Morgan fingerprint density at radius 3 is 3.06 bits per heavy atom. The van der Waals surface area contributed by atoms with Crippen molar-refractivity contribution >= 4 is 0 Å². The number of hydrogen-bond donors (Lipinski definition) is 1. The van der Waals surface area contributed by atoms with Gasteiger partial charge in [-0.1, -0.05) is 12.1 Å². The van der Waals surface area contributed by atoms with E-state index in [2.05, 4.69) is 4.98 Å². The third-order valence-electron chi connectivity index (χ3n) is 2.46. The van der Waals surface area contributed by atoms with E-state index in [-0.39, 0.29) is 6.61 Å². The SMILES string of the molecule is COc1cccc(Cc2nc(CCO)co2)c1. The number of oxazole rings is 1. The van der Waals surface area contributed by atoms with Crippen molar-refractivity contribution in [2.24, 2.45) is 0 Å². The highest BCUT2D eigenvalue weighted by Gasteiger charge is 2.05. The quantitative estimate of drug-likeness (QED) is 0.855. The Morgan fingerprint density at radius 1 is 1.41 bits per heavy atom. The molecule has 0 amide bonds. The lowest BCUT2D eigenvalue weighted by atomic mass is 10.1. The molecule has 17 heavy (non-hydrogen) atoms. The summed E-state index contributed by atoms with van der Waals surface area (Å²) in [6, 6.07) is 7.79. The van der Waals surface area contributed by atoms with Gasteiger partial charge < -0.3 is 14.3 Å². The third-order valence-corrected chi connectivity index (χ3v) is 2.46. The lowest BCUT2D eigenvalue weighted by molar-refractivity contribution is 0.298. The molecule has 2 aromatic rings. The van der Waals surface area contributed by atoms with E-state index < -0.39 is 0 Å². The first-order valence-corrected chi connectivity index (χ1v) is 5.49. The standard InChI is InChI=1S/C13H15NO3/c1-16-12-4-2-3-10(7-12)8-13-14-11(5-6-15)9-17-13/h2-4,7,9,15H,5-6,8H2,1H3. The molecule has 1 N–H and O–H groups in total. The minimum Gasteiger partial charge on any atom is -0.497 e. The number of aliphatic hydroxyl groups excluding tert-OH is 1. The second-order valence-corrected chi connectivity index (χ2v) is 3.73. The van der Waals surface area contributed by atoms with Crippen LogP contribution in [0.3, 0.4) is 0 Å². The fourth-order valence-corrected chi connectivity index (χ4v) is 1.62. The molecule has 0 unspecified atom stereocenters. The molecule has 0 atom stereocenters. The molecule has 1 heterocycles. The Labute approximate surface area is 99.9 Å². The van der Waals surface area contributed by atoms with E-state index in [0.29, 0.717) is 18.7 Å². The molecule has 90 valence electrons. The van der Waals surface area contributed by atoms with Crippen LogP contribution in [0, 0.1) is 0 Å². The van der Waals surface area contributed by atoms with E-state index >= 15 is 0 Å². The number of aliphatic hydroxyl groups is 1. The molecular formula is C13H15NO3. The van der Waals surface area contributed by atoms with Crippen LogP contribution in [-0.2, 0) is 12.8 Å². The molecule has 0 bridgehead atoms. The maximum atomic E-state index is 8.79. The van der Waals surface area contributed by atoms with Crippen LogP contribution in [-0.4, -0.2) is 23.8 Å². The van der Waals surface area contributed by atoms with E-state index in [1.54, 1.807) is 13.4 Å². The van der Waals surface area contributed by atoms with Gasteiger partial charge in [0, 0.05) is 19.4 Å². The molecule has 1 aromatic carbocycles. The van der Waals surface area contributed by atoms with Gasteiger partial charge in [0.2, 0.25) is 0 Å².